The Labute approximate surface area is 94.4 Å². The van der Waals surface area contributed by atoms with Gasteiger partial charge in [-0.05, 0) is 44.2 Å². The predicted molar refractivity (Wildman–Crippen MR) is 65.0 cm³/mol. The van der Waals surface area contributed by atoms with E-state index in [2.05, 4.69) is 24.1 Å². The fraction of sp³-hybridized carbons (Fsp3) is 1.00. The second-order valence-corrected chi connectivity index (χ2v) is 5.60. The van der Waals surface area contributed by atoms with Gasteiger partial charge in [0.2, 0.25) is 0 Å². The molecule has 1 heterocycles. The number of rotatable bonds is 4. The molecular weight excluding hydrogens is 184 g/mol. The zero-order valence-electron chi connectivity index (χ0n) is 10.3. The second-order valence-electron chi connectivity index (χ2n) is 5.60. The first-order valence-corrected chi connectivity index (χ1v) is 6.73. The lowest BCUT2D eigenvalue weighted by atomic mass is 9.85. The van der Waals surface area contributed by atoms with Gasteiger partial charge in [-0.1, -0.05) is 20.3 Å². The summed E-state index contributed by atoms with van der Waals surface area (Å²) in [6.07, 6.45) is 5.78. The van der Waals surface area contributed by atoms with E-state index < -0.39 is 0 Å². The number of piperidine rings is 1. The van der Waals surface area contributed by atoms with Crippen LogP contribution >= 0.6 is 0 Å². The molecule has 15 heavy (non-hydrogen) atoms. The van der Waals surface area contributed by atoms with Crippen molar-refractivity contribution < 1.29 is 0 Å². The third-order valence-corrected chi connectivity index (χ3v) is 4.10. The molecule has 2 fully saturated rings. The van der Waals surface area contributed by atoms with Crippen LogP contribution < -0.4 is 5.32 Å². The molecule has 0 aromatic carbocycles. The highest BCUT2D eigenvalue weighted by molar-refractivity contribution is 4.83. The van der Waals surface area contributed by atoms with E-state index in [0.29, 0.717) is 0 Å². The van der Waals surface area contributed by atoms with Crippen molar-refractivity contribution in [3.8, 4) is 0 Å². The molecule has 2 rings (SSSR count). The summed E-state index contributed by atoms with van der Waals surface area (Å²) < 4.78 is 0. The van der Waals surface area contributed by atoms with Crippen LogP contribution in [0.15, 0.2) is 0 Å². The maximum absolute atomic E-state index is 3.78. The molecule has 88 valence electrons. The fourth-order valence-electron chi connectivity index (χ4n) is 2.90. The van der Waals surface area contributed by atoms with E-state index in [9.17, 15) is 0 Å². The molecule has 0 amide bonds. The zero-order chi connectivity index (χ0) is 10.7. The smallest absolute Gasteiger partial charge is 0.0198 e. The molecule has 1 aliphatic carbocycles. The summed E-state index contributed by atoms with van der Waals surface area (Å²) in [5, 5.41) is 3.78. The Morgan fingerprint density at radius 3 is 2.67 bits per heavy atom. The molecule has 2 heteroatoms. The summed E-state index contributed by atoms with van der Waals surface area (Å²) in [7, 11) is 0. The number of nitrogens with zero attached hydrogens (tertiary/aromatic N) is 1. The normalized spacial score (nSPS) is 34.0. The average Bonchev–Trinajstić information content (AvgIpc) is 2.14. The van der Waals surface area contributed by atoms with Crippen LogP contribution in [0.1, 0.15) is 39.5 Å². The highest BCUT2D eigenvalue weighted by atomic mass is 15.2. The monoisotopic (exact) mass is 210 g/mol. The van der Waals surface area contributed by atoms with Crippen molar-refractivity contribution in [1.82, 2.24) is 10.2 Å². The quantitative estimate of drug-likeness (QED) is 0.764. The number of hydrogen-bond acceptors (Lipinski definition) is 2. The van der Waals surface area contributed by atoms with E-state index in [1.54, 1.807) is 0 Å². The first kappa shape index (κ1) is 11.4. The molecule has 2 nitrogen and oxygen atoms in total. The van der Waals surface area contributed by atoms with Gasteiger partial charge in [0.05, 0.1) is 0 Å². The van der Waals surface area contributed by atoms with Gasteiger partial charge in [-0.15, -0.1) is 0 Å². The van der Waals surface area contributed by atoms with E-state index >= 15 is 0 Å². The van der Waals surface area contributed by atoms with Gasteiger partial charge in [0, 0.05) is 19.1 Å². The third-order valence-electron chi connectivity index (χ3n) is 4.10. The van der Waals surface area contributed by atoms with Gasteiger partial charge < -0.3 is 10.2 Å². The van der Waals surface area contributed by atoms with Crippen molar-refractivity contribution in [2.45, 2.75) is 45.6 Å². The van der Waals surface area contributed by atoms with E-state index in [4.69, 9.17) is 0 Å². The van der Waals surface area contributed by atoms with Crippen LogP contribution in [0.2, 0.25) is 0 Å². The summed E-state index contributed by atoms with van der Waals surface area (Å²) in [5.41, 5.74) is 0. The first-order valence-electron chi connectivity index (χ1n) is 6.73. The van der Waals surface area contributed by atoms with E-state index in [1.165, 1.54) is 51.9 Å². The van der Waals surface area contributed by atoms with E-state index in [1.807, 2.05) is 0 Å². The van der Waals surface area contributed by atoms with Gasteiger partial charge in [0.1, 0.15) is 0 Å². The van der Waals surface area contributed by atoms with Crippen molar-refractivity contribution in [1.29, 1.82) is 0 Å². The summed E-state index contributed by atoms with van der Waals surface area (Å²) in [4.78, 5) is 2.59. The van der Waals surface area contributed by atoms with Crippen molar-refractivity contribution in [2.75, 3.05) is 26.2 Å². The van der Waals surface area contributed by atoms with Crippen molar-refractivity contribution in [2.24, 2.45) is 11.8 Å². The molecule has 1 aliphatic heterocycles. The maximum Gasteiger partial charge on any atom is 0.0198 e. The van der Waals surface area contributed by atoms with Crippen LogP contribution in [0, 0.1) is 11.8 Å². The molecular formula is C13H26N2. The molecule has 0 radical (unpaired) electrons. The van der Waals surface area contributed by atoms with Gasteiger partial charge in [-0.25, -0.2) is 0 Å². The SMILES string of the molecule is CCN1CC(C)CC(NCC2CCC2)C1. The third kappa shape index (κ3) is 3.18. The van der Waals surface area contributed by atoms with E-state index in [-0.39, 0.29) is 0 Å². The average molecular weight is 210 g/mol. The van der Waals surface area contributed by atoms with Crippen LogP contribution in [0.3, 0.4) is 0 Å². The van der Waals surface area contributed by atoms with Crippen molar-refractivity contribution >= 4 is 0 Å². The Morgan fingerprint density at radius 1 is 1.27 bits per heavy atom. The largest absolute Gasteiger partial charge is 0.312 e. The van der Waals surface area contributed by atoms with Gasteiger partial charge in [-0.2, -0.15) is 0 Å². The van der Waals surface area contributed by atoms with Crippen LogP contribution in [0.5, 0.6) is 0 Å². The fourth-order valence-corrected chi connectivity index (χ4v) is 2.90. The highest BCUT2D eigenvalue weighted by Gasteiger charge is 2.25. The number of nitrogens with one attached hydrogen (secondary N) is 1. The minimum absolute atomic E-state index is 0.759. The molecule has 0 aromatic rings. The standard InChI is InChI=1S/C13H26N2/c1-3-15-9-11(2)7-13(10-15)14-8-12-5-4-6-12/h11-14H,3-10H2,1-2H3. The number of likely N-dealkylation sites (N-methyl/N-ethyl adjacent to an activating group) is 1. The Balaban J connectivity index is 1.70. The maximum atomic E-state index is 3.78. The Hall–Kier alpha value is -0.0800. The van der Waals surface area contributed by atoms with Gasteiger partial charge in [0.15, 0.2) is 0 Å². The summed E-state index contributed by atoms with van der Waals surface area (Å²) in [6.45, 7) is 9.73. The minimum atomic E-state index is 0.759. The molecule has 0 bridgehead atoms. The molecule has 1 saturated heterocycles. The van der Waals surface area contributed by atoms with Crippen LogP contribution in [0.4, 0.5) is 0 Å². The molecule has 1 N–H and O–H groups in total. The molecule has 2 aliphatic rings. The number of hydrogen-bond donors (Lipinski definition) is 1. The lowest BCUT2D eigenvalue weighted by molar-refractivity contribution is 0.148. The van der Waals surface area contributed by atoms with Crippen LogP contribution in [-0.4, -0.2) is 37.1 Å². The highest BCUT2D eigenvalue weighted by Crippen LogP contribution is 2.26. The van der Waals surface area contributed by atoms with Crippen molar-refractivity contribution in [3.05, 3.63) is 0 Å². The zero-order valence-corrected chi connectivity index (χ0v) is 10.3. The summed E-state index contributed by atoms with van der Waals surface area (Å²) in [5.74, 6) is 1.87. The molecule has 0 spiro atoms. The van der Waals surface area contributed by atoms with Crippen molar-refractivity contribution in [3.63, 3.8) is 0 Å². The summed E-state index contributed by atoms with van der Waals surface area (Å²) >= 11 is 0. The lowest BCUT2D eigenvalue weighted by Gasteiger charge is -2.37. The van der Waals surface area contributed by atoms with E-state index in [0.717, 1.165) is 17.9 Å². The predicted octanol–water partition coefficient (Wildman–Crippen LogP) is 2.11. The lowest BCUT2D eigenvalue weighted by Crippen LogP contribution is -2.49. The van der Waals surface area contributed by atoms with Gasteiger partial charge in [-0.3, -0.25) is 0 Å². The Bertz CT molecular complexity index is 189. The Morgan fingerprint density at radius 2 is 2.07 bits per heavy atom. The number of likely N-dealkylation sites (tertiary alicyclic amines) is 1. The summed E-state index contributed by atoms with van der Waals surface area (Å²) in [6, 6.07) is 0.759. The topological polar surface area (TPSA) is 15.3 Å². The second kappa shape index (κ2) is 5.31. The minimum Gasteiger partial charge on any atom is -0.312 e. The molecule has 0 aromatic heterocycles. The van der Waals surface area contributed by atoms with Gasteiger partial charge in [0.25, 0.3) is 0 Å². The Kier molecular flexibility index (Phi) is 4.04. The molecule has 2 unspecified atom stereocenters. The van der Waals surface area contributed by atoms with Crippen LogP contribution in [-0.2, 0) is 0 Å². The van der Waals surface area contributed by atoms with Crippen LogP contribution in [0.25, 0.3) is 0 Å². The first-order chi connectivity index (χ1) is 7.28. The van der Waals surface area contributed by atoms with Gasteiger partial charge >= 0.3 is 0 Å². The molecule has 2 atom stereocenters. The molecule has 1 saturated carbocycles.